The van der Waals surface area contributed by atoms with Crippen LogP contribution in [0.15, 0.2) is 18.6 Å². The maximum Gasteiger partial charge on any atom is 0.271 e. The molecule has 0 aromatic carbocycles. The van der Waals surface area contributed by atoms with Gasteiger partial charge in [0.1, 0.15) is 17.5 Å². The molecule has 2 heterocycles. The summed E-state index contributed by atoms with van der Waals surface area (Å²) < 4.78 is 0. The number of amides is 5. The molecule has 1 aromatic rings. The van der Waals surface area contributed by atoms with Crippen LogP contribution in [0.2, 0.25) is 0 Å². The normalized spacial score (nSPS) is 15.7. The lowest BCUT2D eigenvalue weighted by molar-refractivity contribution is -0.138. The first kappa shape index (κ1) is 57.8. The topological polar surface area (TPSA) is 180 Å². The van der Waals surface area contributed by atoms with Crippen LogP contribution in [0.1, 0.15) is 171 Å². The summed E-state index contributed by atoms with van der Waals surface area (Å²) >= 11 is 0. The summed E-state index contributed by atoms with van der Waals surface area (Å²) in [7, 11) is 0. The van der Waals surface area contributed by atoms with Crippen LogP contribution in [0.5, 0.6) is 0 Å². The lowest BCUT2D eigenvalue weighted by Crippen LogP contribution is -2.49. The standard InChI is InChI=1S/C14H21N3O.C11H17N3O4.C4H7NO.C4H10.C3H8.3C2H6/c1-11(12-6-4-2-3-5-7-12)17-14(18)13-10-15-8-9-16-13;1-8(16)5-13-11(18)9-3-2-4-14(9)10(17)6-12-7-15;6-3-5-4-1-2-4;1-4(2)3;1-3-2;3*1-2/h8-12H,2-7H2,1H3,(H,17,18);7,9H,2-6H2,1H3,(H,12,15)(H,13,18);3-4H,1-2H2,(H,5,6);4H,1-3H3;3H2,1-2H3;3*1-2H3. The molecule has 4 rings (SSSR count). The van der Waals surface area contributed by atoms with Gasteiger partial charge in [-0.25, -0.2) is 4.98 Å². The van der Waals surface area contributed by atoms with E-state index < -0.39 is 6.04 Å². The van der Waals surface area contributed by atoms with Crippen LogP contribution in [-0.4, -0.2) is 89.0 Å². The van der Waals surface area contributed by atoms with Crippen molar-refractivity contribution in [1.82, 2.24) is 36.1 Å². The minimum atomic E-state index is -0.537. The van der Waals surface area contributed by atoms with Crippen molar-refractivity contribution < 1.29 is 28.8 Å². The molecule has 4 N–H and O–H groups in total. The van der Waals surface area contributed by atoms with Crippen LogP contribution in [0.25, 0.3) is 0 Å². The highest BCUT2D eigenvalue weighted by atomic mass is 16.2. The maximum atomic E-state index is 12.0. The molecule has 1 aromatic heterocycles. The number of ketones is 1. The summed E-state index contributed by atoms with van der Waals surface area (Å²) in [5.41, 5.74) is 0.401. The predicted octanol–water partition coefficient (Wildman–Crippen LogP) is 7.05. The number of hydrogen-bond acceptors (Lipinski definition) is 8. The number of Topliss-reactive ketones (excluding diaryl/α,β-unsaturated/α-hetero) is 1. The first-order chi connectivity index (χ1) is 26.4. The lowest BCUT2D eigenvalue weighted by Gasteiger charge is -2.23. The van der Waals surface area contributed by atoms with Crippen molar-refractivity contribution in [1.29, 1.82) is 0 Å². The fraction of sp³-hybridized carbons (Fsp3) is 0.762. The summed E-state index contributed by atoms with van der Waals surface area (Å²) in [4.78, 5) is 75.3. The Morgan fingerprint density at radius 3 is 1.76 bits per heavy atom. The van der Waals surface area contributed by atoms with Crippen molar-refractivity contribution in [2.75, 3.05) is 19.6 Å². The van der Waals surface area contributed by atoms with E-state index in [2.05, 4.69) is 72.8 Å². The molecule has 55 heavy (non-hydrogen) atoms. The van der Waals surface area contributed by atoms with Crippen molar-refractivity contribution in [3.05, 3.63) is 24.3 Å². The van der Waals surface area contributed by atoms with E-state index in [9.17, 15) is 28.8 Å². The van der Waals surface area contributed by atoms with Gasteiger partial charge in [-0.3, -0.25) is 33.8 Å². The van der Waals surface area contributed by atoms with E-state index in [-0.39, 0.29) is 42.6 Å². The number of nitrogens with zero attached hydrogens (tertiary/aromatic N) is 3. The van der Waals surface area contributed by atoms with Gasteiger partial charge in [0.05, 0.1) is 19.3 Å². The first-order valence-electron chi connectivity index (χ1n) is 20.9. The third kappa shape index (κ3) is 34.3. The predicted molar refractivity (Wildman–Crippen MR) is 225 cm³/mol. The van der Waals surface area contributed by atoms with E-state index in [0.29, 0.717) is 37.0 Å². The van der Waals surface area contributed by atoms with Crippen molar-refractivity contribution >= 4 is 36.3 Å². The molecule has 13 heteroatoms. The quantitative estimate of drug-likeness (QED) is 0.136. The van der Waals surface area contributed by atoms with Crippen LogP contribution >= 0.6 is 0 Å². The van der Waals surface area contributed by atoms with Crippen LogP contribution in [0.3, 0.4) is 0 Å². The zero-order valence-corrected chi connectivity index (χ0v) is 37.0. The summed E-state index contributed by atoms with van der Waals surface area (Å²) in [5.74, 6) is 0.583. The number of nitrogens with one attached hydrogen (secondary N) is 4. The smallest absolute Gasteiger partial charge is 0.271 e. The molecule has 0 bridgehead atoms. The van der Waals surface area contributed by atoms with Gasteiger partial charge in [-0.2, -0.15) is 0 Å². The number of aromatic nitrogens is 2. The molecular formula is C42H81N7O6. The first-order valence-corrected chi connectivity index (χ1v) is 20.9. The van der Waals surface area contributed by atoms with Gasteiger partial charge in [0.25, 0.3) is 5.91 Å². The number of carbonyl (C=O) groups is 6. The van der Waals surface area contributed by atoms with Crippen molar-refractivity contribution in [2.45, 2.75) is 179 Å². The van der Waals surface area contributed by atoms with Gasteiger partial charge >= 0.3 is 0 Å². The molecule has 1 saturated heterocycles. The Labute approximate surface area is 335 Å². The highest BCUT2D eigenvalue weighted by molar-refractivity contribution is 5.92. The van der Waals surface area contributed by atoms with E-state index in [4.69, 9.17) is 0 Å². The van der Waals surface area contributed by atoms with E-state index in [1.165, 1.54) is 75.8 Å². The summed E-state index contributed by atoms with van der Waals surface area (Å²) in [6, 6.07) is 0.213. The fourth-order valence-corrected chi connectivity index (χ4v) is 4.87. The molecular weight excluding hydrogens is 699 g/mol. The molecule has 5 amide bonds. The Kier molecular flexibility index (Phi) is 43.4. The van der Waals surface area contributed by atoms with E-state index >= 15 is 0 Å². The highest BCUT2D eigenvalue weighted by Gasteiger charge is 2.33. The molecule has 2 aliphatic carbocycles. The summed E-state index contributed by atoms with van der Waals surface area (Å²) in [5, 5.41) is 10.5. The summed E-state index contributed by atoms with van der Waals surface area (Å²) in [6.07, 6.45) is 18.5. The second-order valence-electron chi connectivity index (χ2n) is 13.3. The Bertz CT molecular complexity index is 1080. The van der Waals surface area contributed by atoms with Gasteiger partial charge < -0.3 is 26.2 Å². The monoisotopic (exact) mass is 780 g/mol. The average Bonchev–Trinajstić information content (AvgIpc) is 3.95. The molecule has 320 valence electrons. The van der Waals surface area contributed by atoms with Gasteiger partial charge in [0.15, 0.2) is 0 Å². The lowest BCUT2D eigenvalue weighted by atomic mass is 9.93. The van der Waals surface area contributed by atoms with E-state index in [1.54, 1.807) is 12.4 Å². The van der Waals surface area contributed by atoms with Crippen molar-refractivity contribution in [3.8, 4) is 0 Å². The number of carbonyl (C=O) groups excluding carboxylic acids is 6. The molecule has 2 unspecified atom stereocenters. The molecule has 3 fully saturated rings. The summed E-state index contributed by atoms with van der Waals surface area (Å²) in [6.45, 7) is 26.6. The van der Waals surface area contributed by atoms with Gasteiger partial charge in [-0.15, -0.1) is 0 Å². The van der Waals surface area contributed by atoms with Crippen LogP contribution in [0, 0.1) is 11.8 Å². The maximum absolute atomic E-state index is 12.0. The van der Waals surface area contributed by atoms with Gasteiger partial charge in [-0.1, -0.05) is 108 Å². The Morgan fingerprint density at radius 1 is 0.800 bits per heavy atom. The van der Waals surface area contributed by atoms with Gasteiger partial charge in [0.2, 0.25) is 24.6 Å². The Hall–Kier alpha value is -3.90. The van der Waals surface area contributed by atoms with E-state index in [0.717, 1.165) is 18.7 Å². The minimum Gasteiger partial charge on any atom is -0.356 e. The van der Waals surface area contributed by atoms with Crippen LogP contribution < -0.4 is 21.3 Å². The molecule has 13 nitrogen and oxygen atoms in total. The highest BCUT2D eigenvalue weighted by Crippen LogP contribution is 2.25. The largest absolute Gasteiger partial charge is 0.356 e. The number of rotatable bonds is 11. The molecule has 2 saturated carbocycles. The minimum absolute atomic E-state index is 0.0239. The fourth-order valence-electron chi connectivity index (χ4n) is 4.87. The molecule has 3 aliphatic rings. The third-order valence-electron chi connectivity index (χ3n) is 7.37. The molecule has 0 spiro atoms. The zero-order chi connectivity index (χ0) is 43.0. The zero-order valence-electron chi connectivity index (χ0n) is 37.0. The second-order valence-corrected chi connectivity index (χ2v) is 13.3. The number of likely N-dealkylation sites (tertiary alicyclic amines) is 1. The molecule has 0 radical (unpaired) electrons. The second kappa shape index (κ2) is 41.3. The SMILES string of the molecule is CC.CC.CC.CC(=O)CNC(=O)C1CCCN1C(=O)CNC=O.CC(C)C.CC(NC(=O)c1cnccn1)C1CCCCCC1.CCC.O=CNC1CC1. The Morgan fingerprint density at radius 2 is 1.35 bits per heavy atom. The third-order valence-corrected chi connectivity index (χ3v) is 7.37. The number of hydrogen-bond donors (Lipinski definition) is 4. The Balaban J connectivity index is -0.000000325. The van der Waals surface area contributed by atoms with Gasteiger partial charge in [0, 0.05) is 31.0 Å². The van der Waals surface area contributed by atoms with E-state index in [1.807, 2.05) is 41.5 Å². The van der Waals surface area contributed by atoms with Crippen molar-refractivity contribution in [2.24, 2.45) is 11.8 Å². The van der Waals surface area contributed by atoms with Crippen LogP contribution in [-0.2, 0) is 24.0 Å². The van der Waals surface area contributed by atoms with Gasteiger partial charge in [-0.05, 0) is 64.2 Å². The molecule has 1 aliphatic heterocycles. The average molecular weight is 780 g/mol. The molecule has 2 atom stereocenters. The van der Waals surface area contributed by atoms with Crippen LogP contribution in [0.4, 0.5) is 0 Å². The van der Waals surface area contributed by atoms with Crippen molar-refractivity contribution in [3.63, 3.8) is 0 Å².